The second-order valence-electron chi connectivity index (χ2n) is 6.01. The third-order valence-electron chi connectivity index (χ3n) is 3.79. The average Bonchev–Trinajstić information content (AvgIpc) is 2.91. The van der Waals surface area contributed by atoms with E-state index in [2.05, 4.69) is 0 Å². The molecule has 1 amide bonds. The number of aliphatic hydroxyl groups is 1. The molecule has 0 radical (unpaired) electrons. The van der Waals surface area contributed by atoms with Gasteiger partial charge in [-0.2, -0.15) is 0 Å². The Bertz CT molecular complexity index is 590. The van der Waals surface area contributed by atoms with Gasteiger partial charge in [0.15, 0.2) is 18.1 Å². The molecule has 1 saturated heterocycles. The predicted molar refractivity (Wildman–Crippen MR) is 85.9 cm³/mol. The van der Waals surface area contributed by atoms with E-state index in [-0.39, 0.29) is 19.4 Å². The highest BCUT2D eigenvalue weighted by atomic mass is 16.8. The Balaban J connectivity index is 2.02. The molecule has 25 heavy (non-hydrogen) atoms. The molecule has 0 aliphatic carbocycles. The normalized spacial score (nSPS) is 19.0. The maximum Gasteiger partial charge on any atom is 0.534 e. The van der Waals surface area contributed by atoms with Crippen LogP contribution in [-0.4, -0.2) is 48.0 Å². The quantitative estimate of drug-likeness (QED) is 0.593. The van der Waals surface area contributed by atoms with Gasteiger partial charge in [0.1, 0.15) is 0 Å². The van der Waals surface area contributed by atoms with E-state index in [9.17, 15) is 14.7 Å². The van der Waals surface area contributed by atoms with E-state index in [1.807, 2.05) is 6.07 Å². The highest BCUT2D eigenvalue weighted by Gasteiger charge is 2.34. The maximum absolute atomic E-state index is 12.0. The summed E-state index contributed by atoms with van der Waals surface area (Å²) < 4.78 is 16.1. The fourth-order valence-corrected chi connectivity index (χ4v) is 2.18. The van der Waals surface area contributed by atoms with E-state index < -0.39 is 30.2 Å². The SMILES string of the molecule is COC(C)(C)OC[C@@H](OC(=O)ON1C(=O)CCC1O)c1ccccc1. The molecule has 0 bridgehead atoms. The number of nitrogens with zero attached hydrogens (tertiary/aromatic N) is 1. The molecular formula is C17H23NO7. The molecule has 1 aromatic carbocycles. The minimum Gasteiger partial charge on any atom is -0.422 e. The summed E-state index contributed by atoms with van der Waals surface area (Å²) in [5.41, 5.74) is 0.694. The standard InChI is InChI=1S/C17H23NO7/c1-17(2,22-3)23-11-13(12-7-5-4-6-8-12)24-16(21)25-18-14(19)9-10-15(18)20/h4-8,13-14,19H,9-11H2,1-3H3/t13-,14?/m1/s1. The molecule has 1 heterocycles. The third kappa shape index (κ3) is 5.42. The van der Waals surface area contributed by atoms with E-state index in [0.717, 1.165) is 0 Å². The number of rotatable bonds is 7. The topological polar surface area (TPSA) is 94.5 Å². The second kappa shape index (κ2) is 8.28. The van der Waals surface area contributed by atoms with Gasteiger partial charge in [-0.3, -0.25) is 4.79 Å². The summed E-state index contributed by atoms with van der Waals surface area (Å²) >= 11 is 0. The van der Waals surface area contributed by atoms with Crippen LogP contribution in [0.2, 0.25) is 0 Å². The van der Waals surface area contributed by atoms with Crippen molar-refractivity contribution in [3.63, 3.8) is 0 Å². The first-order chi connectivity index (χ1) is 11.8. The van der Waals surface area contributed by atoms with Crippen LogP contribution in [0.3, 0.4) is 0 Å². The van der Waals surface area contributed by atoms with Crippen molar-refractivity contribution in [2.24, 2.45) is 0 Å². The molecule has 8 heteroatoms. The Hall–Kier alpha value is -2.16. The minimum atomic E-state index is -1.15. The van der Waals surface area contributed by atoms with Crippen LogP contribution in [0.4, 0.5) is 4.79 Å². The van der Waals surface area contributed by atoms with Crippen LogP contribution in [0.25, 0.3) is 0 Å². The lowest BCUT2D eigenvalue weighted by Gasteiger charge is -2.27. The number of benzene rings is 1. The van der Waals surface area contributed by atoms with Crippen LogP contribution >= 0.6 is 0 Å². The zero-order valence-corrected chi connectivity index (χ0v) is 14.5. The monoisotopic (exact) mass is 353 g/mol. The van der Waals surface area contributed by atoms with Gasteiger partial charge in [-0.15, -0.1) is 5.06 Å². The van der Waals surface area contributed by atoms with Gasteiger partial charge in [0.2, 0.25) is 0 Å². The van der Waals surface area contributed by atoms with Crippen molar-refractivity contribution in [3.05, 3.63) is 35.9 Å². The molecule has 1 aliphatic rings. The predicted octanol–water partition coefficient (Wildman–Crippen LogP) is 2.14. The van der Waals surface area contributed by atoms with Gasteiger partial charge in [0.05, 0.1) is 6.61 Å². The highest BCUT2D eigenvalue weighted by molar-refractivity contribution is 5.78. The van der Waals surface area contributed by atoms with E-state index in [1.165, 1.54) is 7.11 Å². The molecule has 1 N–H and O–H groups in total. The molecule has 1 fully saturated rings. The van der Waals surface area contributed by atoms with Gasteiger partial charge in [-0.1, -0.05) is 30.3 Å². The number of hydrogen-bond acceptors (Lipinski definition) is 7. The first-order valence-electron chi connectivity index (χ1n) is 7.95. The Morgan fingerprint density at radius 1 is 1.36 bits per heavy atom. The van der Waals surface area contributed by atoms with Gasteiger partial charge >= 0.3 is 6.16 Å². The first kappa shape index (κ1) is 19.2. The number of aliphatic hydroxyl groups excluding tert-OH is 1. The third-order valence-corrected chi connectivity index (χ3v) is 3.79. The average molecular weight is 353 g/mol. The Morgan fingerprint density at radius 3 is 2.60 bits per heavy atom. The van der Waals surface area contributed by atoms with Crippen LogP contribution in [-0.2, 0) is 23.8 Å². The van der Waals surface area contributed by atoms with Gasteiger partial charge in [0.25, 0.3) is 5.91 Å². The summed E-state index contributed by atoms with van der Waals surface area (Å²) in [5, 5.41) is 10.3. The van der Waals surface area contributed by atoms with Crippen LogP contribution in [0.1, 0.15) is 38.4 Å². The van der Waals surface area contributed by atoms with Crippen molar-refractivity contribution in [1.29, 1.82) is 0 Å². The Kier molecular flexibility index (Phi) is 6.35. The molecule has 138 valence electrons. The number of amides is 1. The van der Waals surface area contributed by atoms with Crippen molar-refractivity contribution in [1.82, 2.24) is 5.06 Å². The molecule has 0 spiro atoms. The summed E-state index contributed by atoms with van der Waals surface area (Å²) in [6.07, 6.45) is -2.69. The summed E-state index contributed by atoms with van der Waals surface area (Å²) in [7, 11) is 1.51. The molecule has 1 aliphatic heterocycles. The molecule has 2 rings (SSSR count). The van der Waals surface area contributed by atoms with Gasteiger partial charge in [0, 0.05) is 20.0 Å². The second-order valence-corrected chi connectivity index (χ2v) is 6.01. The fourth-order valence-electron chi connectivity index (χ4n) is 2.18. The summed E-state index contributed by atoms with van der Waals surface area (Å²) in [6, 6.07) is 8.98. The van der Waals surface area contributed by atoms with Gasteiger partial charge in [-0.05, 0) is 19.4 Å². The van der Waals surface area contributed by atoms with E-state index in [0.29, 0.717) is 10.6 Å². The number of ether oxygens (including phenoxy) is 3. The molecular weight excluding hydrogens is 330 g/mol. The maximum atomic E-state index is 12.0. The zero-order chi connectivity index (χ0) is 18.4. The zero-order valence-electron chi connectivity index (χ0n) is 14.5. The van der Waals surface area contributed by atoms with Crippen molar-refractivity contribution in [2.45, 2.75) is 44.8 Å². The van der Waals surface area contributed by atoms with Crippen molar-refractivity contribution < 1.29 is 33.7 Å². The Morgan fingerprint density at radius 2 is 2.04 bits per heavy atom. The van der Waals surface area contributed by atoms with Crippen molar-refractivity contribution in [2.75, 3.05) is 13.7 Å². The smallest absolute Gasteiger partial charge is 0.422 e. The Labute approximate surface area is 146 Å². The summed E-state index contributed by atoms with van der Waals surface area (Å²) in [6.45, 7) is 3.48. The van der Waals surface area contributed by atoms with Crippen molar-refractivity contribution in [3.8, 4) is 0 Å². The van der Waals surface area contributed by atoms with Crippen LogP contribution < -0.4 is 0 Å². The lowest BCUT2D eigenvalue weighted by molar-refractivity contribution is -0.220. The lowest BCUT2D eigenvalue weighted by atomic mass is 10.1. The molecule has 0 saturated carbocycles. The van der Waals surface area contributed by atoms with Crippen LogP contribution in [0.5, 0.6) is 0 Å². The summed E-state index contributed by atoms with van der Waals surface area (Å²) in [5.74, 6) is -1.33. The largest absolute Gasteiger partial charge is 0.534 e. The number of carbonyl (C=O) groups is 2. The van der Waals surface area contributed by atoms with Crippen LogP contribution in [0, 0.1) is 0 Å². The lowest BCUT2D eigenvalue weighted by Crippen LogP contribution is -2.36. The molecule has 2 atom stereocenters. The number of hydrogen-bond donors (Lipinski definition) is 1. The first-order valence-corrected chi connectivity index (χ1v) is 7.95. The van der Waals surface area contributed by atoms with Gasteiger partial charge in [-0.25, -0.2) is 4.79 Å². The van der Waals surface area contributed by atoms with E-state index in [1.54, 1.807) is 38.1 Å². The molecule has 8 nitrogen and oxygen atoms in total. The van der Waals surface area contributed by atoms with Crippen LogP contribution in [0.15, 0.2) is 30.3 Å². The van der Waals surface area contributed by atoms with Crippen molar-refractivity contribution >= 4 is 12.1 Å². The fraction of sp³-hybridized carbons (Fsp3) is 0.529. The summed E-state index contributed by atoms with van der Waals surface area (Å²) in [4.78, 5) is 28.4. The van der Waals surface area contributed by atoms with E-state index >= 15 is 0 Å². The number of hydroxylamine groups is 2. The molecule has 0 aromatic heterocycles. The molecule has 1 unspecified atom stereocenters. The minimum absolute atomic E-state index is 0.0243. The number of carbonyl (C=O) groups excluding carboxylic acids is 2. The van der Waals surface area contributed by atoms with E-state index in [4.69, 9.17) is 19.0 Å². The highest BCUT2D eigenvalue weighted by Crippen LogP contribution is 2.23. The number of methoxy groups -OCH3 is 1. The van der Waals surface area contributed by atoms with Gasteiger partial charge < -0.3 is 24.2 Å². The molecule has 1 aromatic rings.